The Morgan fingerprint density at radius 2 is 1.73 bits per heavy atom. The highest BCUT2D eigenvalue weighted by atomic mass is 32.1. The van der Waals surface area contributed by atoms with Crippen LogP contribution in [0.5, 0.6) is 17.2 Å². The normalized spacial score (nSPS) is 10.5. The highest BCUT2D eigenvalue weighted by molar-refractivity contribution is 7.13. The van der Waals surface area contributed by atoms with E-state index in [2.05, 4.69) is 4.98 Å². The Kier molecular flexibility index (Phi) is 5.18. The van der Waals surface area contributed by atoms with Crippen LogP contribution in [-0.2, 0) is 0 Å². The van der Waals surface area contributed by atoms with Crippen molar-refractivity contribution in [1.29, 1.82) is 0 Å². The molecule has 2 aromatic carbocycles. The second-order valence-electron chi connectivity index (χ2n) is 5.28. The molecule has 1 heterocycles. The van der Waals surface area contributed by atoms with Gasteiger partial charge in [0.05, 0.1) is 26.9 Å². The molecule has 3 rings (SSSR count). The Morgan fingerprint density at radius 3 is 2.23 bits per heavy atom. The average molecular weight is 373 g/mol. The number of ketones is 1. The zero-order valence-electron chi connectivity index (χ0n) is 14.4. The summed E-state index contributed by atoms with van der Waals surface area (Å²) in [7, 11) is 4.38. The number of carbonyl (C=O) groups is 1. The minimum Gasteiger partial charge on any atom is -0.493 e. The second-order valence-corrected chi connectivity index (χ2v) is 6.17. The lowest BCUT2D eigenvalue weighted by molar-refractivity contribution is 0.103. The highest BCUT2D eigenvalue weighted by Crippen LogP contribution is 2.39. The van der Waals surface area contributed by atoms with E-state index in [9.17, 15) is 9.18 Å². The summed E-state index contributed by atoms with van der Waals surface area (Å²) < 4.78 is 30.3. The monoisotopic (exact) mass is 373 g/mol. The number of hydrogen-bond acceptors (Lipinski definition) is 6. The van der Waals surface area contributed by atoms with Crippen molar-refractivity contribution in [1.82, 2.24) is 4.98 Å². The van der Waals surface area contributed by atoms with Gasteiger partial charge in [-0.15, -0.1) is 11.3 Å². The minimum atomic E-state index is -0.614. The molecule has 0 spiro atoms. The van der Waals surface area contributed by atoms with Crippen molar-refractivity contribution >= 4 is 17.1 Å². The number of nitrogens with zero attached hydrogens (tertiary/aromatic N) is 1. The average Bonchev–Trinajstić information content (AvgIpc) is 3.20. The van der Waals surface area contributed by atoms with Gasteiger partial charge in [0.25, 0.3) is 0 Å². The number of hydrogen-bond donors (Lipinski definition) is 0. The molecule has 0 amide bonds. The van der Waals surface area contributed by atoms with Crippen molar-refractivity contribution in [2.45, 2.75) is 0 Å². The molecule has 0 bridgehead atoms. The summed E-state index contributed by atoms with van der Waals surface area (Å²) in [6.07, 6.45) is 1.65. The molecule has 5 nitrogen and oxygen atoms in total. The summed E-state index contributed by atoms with van der Waals surface area (Å²) in [5.41, 5.74) is 0.818. The van der Waals surface area contributed by atoms with Gasteiger partial charge in [0, 0.05) is 22.7 Å². The summed E-state index contributed by atoms with van der Waals surface area (Å²) >= 11 is 1.40. The molecule has 0 saturated carbocycles. The molecule has 0 saturated heterocycles. The predicted molar refractivity (Wildman–Crippen MR) is 97.0 cm³/mol. The number of thiazole rings is 1. The van der Waals surface area contributed by atoms with E-state index in [0.717, 1.165) is 0 Å². The largest absolute Gasteiger partial charge is 0.493 e. The van der Waals surface area contributed by atoms with Gasteiger partial charge < -0.3 is 14.2 Å². The van der Waals surface area contributed by atoms with Crippen LogP contribution >= 0.6 is 11.3 Å². The Bertz CT molecular complexity index is 916. The lowest BCUT2D eigenvalue weighted by atomic mass is 10.0. The molecule has 0 aliphatic rings. The van der Waals surface area contributed by atoms with E-state index in [0.29, 0.717) is 27.8 Å². The van der Waals surface area contributed by atoms with Crippen LogP contribution in [0.3, 0.4) is 0 Å². The van der Waals surface area contributed by atoms with E-state index in [1.165, 1.54) is 56.9 Å². The van der Waals surface area contributed by atoms with Crippen molar-refractivity contribution in [2.24, 2.45) is 0 Å². The van der Waals surface area contributed by atoms with Crippen LogP contribution in [0.25, 0.3) is 10.6 Å². The van der Waals surface area contributed by atoms with Crippen LogP contribution in [0.15, 0.2) is 41.9 Å². The third-order valence-electron chi connectivity index (χ3n) is 3.82. The van der Waals surface area contributed by atoms with Gasteiger partial charge in [0.15, 0.2) is 17.3 Å². The lowest BCUT2D eigenvalue weighted by Gasteiger charge is -2.14. The summed E-state index contributed by atoms with van der Waals surface area (Å²) in [6, 6.07) is 7.44. The first-order chi connectivity index (χ1) is 12.6. The van der Waals surface area contributed by atoms with E-state index in [-0.39, 0.29) is 11.1 Å². The van der Waals surface area contributed by atoms with Crippen molar-refractivity contribution in [3.05, 3.63) is 58.9 Å². The molecule has 0 unspecified atom stereocenters. The molecule has 0 atom stereocenters. The van der Waals surface area contributed by atoms with Gasteiger partial charge in [-0.2, -0.15) is 0 Å². The van der Waals surface area contributed by atoms with Crippen LogP contribution in [0.4, 0.5) is 4.39 Å². The number of halogens is 1. The number of methoxy groups -OCH3 is 3. The third kappa shape index (κ3) is 3.25. The Labute approximate surface area is 154 Å². The van der Waals surface area contributed by atoms with Crippen LogP contribution < -0.4 is 14.2 Å². The van der Waals surface area contributed by atoms with E-state index < -0.39 is 11.6 Å². The molecular formula is C19H16FNO4S. The van der Waals surface area contributed by atoms with Crippen LogP contribution in [0.1, 0.15) is 15.9 Å². The Hall–Kier alpha value is -2.93. The first-order valence-electron chi connectivity index (χ1n) is 7.63. The molecule has 0 aliphatic carbocycles. The van der Waals surface area contributed by atoms with Crippen molar-refractivity contribution in [3.63, 3.8) is 0 Å². The van der Waals surface area contributed by atoms with Crippen LogP contribution in [0.2, 0.25) is 0 Å². The zero-order chi connectivity index (χ0) is 18.7. The topological polar surface area (TPSA) is 57.7 Å². The van der Waals surface area contributed by atoms with Gasteiger partial charge in [0.1, 0.15) is 10.8 Å². The summed E-state index contributed by atoms with van der Waals surface area (Å²) in [5.74, 6) is -0.0694. The highest BCUT2D eigenvalue weighted by Gasteiger charge is 2.20. The molecule has 1 aromatic heterocycles. The van der Waals surface area contributed by atoms with E-state index >= 15 is 0 Å². The molecule has 134 valence electrons. The van der Waals surface area contributed by atoms with Gasteiger partial charge in [-0.1, -0.05) is 6.07 Å². The van der Waals surface area contributed by atoms with Crippen LogP contribution in [0, 0.1) is 5.82 Å². The van der Waals surface area contributed by atoms with E-state index in [1.807, 2.05) is 5.38 Å². The van der Waals surface area contributed by atoms with Crippen molar-refractivity contribution in [2.75, 3.05) is 21.3 Å². The Balaban J connectivity index is 2.02. The molecule has 3 aromatic rings. The Morgan fingerprint density at radius 1 is 1.04 bits per heavy atom. The minimum absolute atomic E-state index is 0.0421. The number of ether oxygens (including phenoxy) is 3. The quantitative estimate of drug-likeness (QED) is 0.606. The molecule has 0 radical (unpaired) electrons. The molecule has 7 heteroatoms. The lowest BCUT2D eigenvalue weighted by Crippen LogP contribution is -2.06. The number of benzene rings is 2. The molecule has 0 aliphatic heterocycles. The smallest absolute Gasteiger partial charge is 0.203 e. The van der Waals surface area contributed by atoms with Crippen molar-refractivity contribution in [3.8, 4) is 27.8 Å². The molecule has 26 heavy (non-hydrogen) atoms. The van der Waals surface area contributed by atoms with E-state index in [1.54, 1.807) is 12.3 Å². The molecule has 0 fully saturated rings. The summed E-state index contributed by atoms with van der Waals surface area (Å²) in [6.45, 7) is 0. The standard InChI is InChI=1S/C19H16FNO4S/c1-23-15-9-12(10-16(24-2)18(15)25-3)17(22)13-5-4-11(8-14(13)20)19-21-6-7-26-19/h4-10H,1-3H3. The van der Waals surface area contributed by atoms with Gasteiger partial charge in [0.2, 0.25) is 5.75 Å². The fraction of sp³-hybridized carbons (Fsp3) is 0.158. The summed E-state index contributed by atoms with van der Waals surface area (Å²) in [5, 5.41) is 2.50. The van der Waals surface area contributed by atoms with Gasteiger partial charge in [-0.3, -0.25) is 4.79 Å². The molecule has 0 N–H and O–H groups in total. The second kappa shape index (κ2) is 7.53. The SMILES string of the molecule is COc1cc(C(=O)c2ccc(-c3nccs3)cc2F)cc(OC)c1OC. The zero-order valence-corrected chi connectivity index (χ0v) is 15.2. The van der Waals surface area contributed by atoms with E-state index in [4.69, 9.17) is 14.2 Å². The predicted octanol–water partition coefficient (Wildman–Crippen LogP) is 4.21. The maximum absolute atomic E-state index is 14.6. The van der Waals surface area contributed by atoms with Gasteiger partial charge >= 0.3 is 0 Å². The molecular weight excluding hydrogens is 357 g/mol. The fourth-order valence-electron chi connectivity index (χ4n) is 2.57. The number of carbonyl (C=O) groups excluding carboxylic acids is 1. The maximum Gasteiger partial charge on any atom is 0.203 e. The van der Waals surface area contributed by atoms with Crippen molar-refractivity contribution < 1.29 is 23.4 Å². The first-order valence-corrected chi connectivity index (χ1v) is 8.51. The summed E-state index contributed by atoms with van der Waals surface area (Å²) in [4.78, 5) is 16.9. The third-order valence-corrected chi connectivity index (χ3v) is 4.64. The van der Waals surface area contributed by atoms with Gasteiger partial charge in [-0.25, -0.2) is 9.37 Å². The maximum atomic E-state index is 14.6. The fourth-order valence-corrected chi connectivity index (χ4v) is 3.20. The number of aromatic nitrogens is 1. The van der Waals surface area contributed by atoms with Crippen LogP contribution in [-0.4, -0.2) is 32.1 Å². The number of rotatable bonds is 6. The van der Waals surface area contributed by atoms with Gasteiger partial charge in [-0.05, 0) is 24.3 Å². The first kappa shape index (κ1) is 17.9.